The van der Waals surface area contributed by atoms with Crippen molar-refractivity contribution in [3.8, 4) is 0 Å². The van der Waals surface area contributed by atoms with Crippen molar-refractivity contribution < 1.29 is 0 Å². The van der Waals surface area contributed by atoms with Crippen LogP contribution in [0.4, 0.5) is 0 Å². The minimum absolute atomic E-state index is 0.778. The van der Waals surface area contributed by atoms with Crippen LogP contribution in [-0.4, -0.2) is 21.3 Å². The van der Waals surface area contributed by atoms with E-state index in [1.165, 1.54) is 8.66 Å². The summed E-state index contributed by atoms with van der Waals surface area (Å²) in [4.78, 5) is 5.61. The fraction of sp³-hybridized carbons (Fsp3) is 0.455. The van der Waals surface area contributed by atoms with Gasteiger partial charge in [0.05, 0.1) is 10.3 Å². The highest BCUT2D eigenvalue weighted by Crippen LogP contribution is 2.21. The highest BCUT2D eigenvalue weighted by atomic mass is 79.9. The summed E-state index contributed by atoms with van der Waals surface area (Å²) in [5.74, 6) is 1.000. The van der Waals surface area contributed by atoms with Crippen molar-refractivity contribution in [2.45, 2.75) is 26.4 Å². The number of thiophene rings is 1. The first-order valence-electron chi connectivity index (χ1n) is 5.61. The summed E-state index contributed by atoms with van der Waals surface area (Å²) in [5, 5.41) is 7.52. The summed E-state index contributed by atoms with van der Waals surface area (Å²) in [6.07, 6.45) is 2.66. The molecule has 1 N–H and O–H groups in total. The molecular weight excluding hydrogens is 300 g/mol. The average Bonchev–Trinajstić information content (AvgIpc) is 2.93. The molecule has 0 radical (unpaired) electrons. The Morgan fingerprint density at radius 3 is 3.06 bits per heavy atom. The maximum Gasteiger partial charge on any atom is 0.140 e. The molecule has 6 heteroatoms. The monoisotopic (exact) mass is 314 g/mol. The second-order valence-electron chi connectivity index (χ2n) is 3.62. The first kappa shape index (κ1) is 12.7. The topological polar surface area (TPSA) is 42.7 Å². The van der Waals surface area contributed by atoms with Gasteiger partial charge in [-0.3, -0.25) is 0 Å². The number of halogens is 1. The predicted molar refractivity (Wildman–Crippen MR) is 73.1 cm³/mol. The summed E-state index contributed by atoms with van der Waals surface area (Å²) in [6, 6.07) is 4.25. The Hall–Kier alpha value is -0.720. The van der Waals surface area contributed by atoms with Gasteiger partial charge in [0.15, 0.2) is 0 Å². The number of nitrogens with one attached hydrogen (secondary N) is 1. The molecule has 0 fully saturated rings. The van der Waals surface area contributed by atoms with E-state index in [0.29, 0.717) is 0 Å². The van der Waals surface area contributed by atoms with Crippen LogP contribution in [0.1, 0.15) is 17.6 Å². The van der Waals surface area contributed by atoms with E-state index in [1.807, 2.05) is 4.68 Å². The van der Waals surface area contributed by atoms with Gasteiger partial charge < -0.3 is 5.32 Å². The largest absolute Gasteiger partial charge is 0.309 e. The maximum absolute atomic E-state index is 4.22. The minimum atomic E-state index is 0.778. The number of nitrogens with zero attached hydrogens (tertiary/aromatic N) is 3. The molecule has 2 rings (SSSR count). The summed E-state index contributed by atoms with van der Waals surface area (Å²) >= 11 is 5.25. The standard InChI is InChI=1S/C11H15BrN4S/c1-2-16-11(14-8-15-16)7-13-6-5-9-3-4-10(12)17-9/h3-4,8,13H,2,5-7H2,1H3. The van der Waals surface area contributed by atoms with E-state index in [-0.39, 0.29) is 0 Å². The van der Waals surface area contributed by atoms with E-state index in [4.69, 9.17) is 0 Å². The molecule has 0 saturated heterocycles. The van der Waals surface area contributed by atoms with Gasteiger partial charge in [-0.05, 0) is 41.4 Å². The molecule has 0 aliphatic carbocycles. The molecule has 2 aromatic rings. The van der Waals surface area contributed by atoms with Crippen LogP contribution in [-0.2, 0) is 19.5 Å². The summed E-state index contributed by atoms with van der Waals surface area (Å²) in [7, 11) is 0. The lowest BCUT2D eigenvalue weighted by Crippen LogP contribution is -2.19. The van der Waals surface area contributed by atoms with Gasteiger partial charge in [-0.1, -0.05) is 0 Å². The zero-order valence-electron chi connectivity index (χ0n) is 9.69. The molecule has 0 atom stereocenters. The molecule has 0 spiro atoms. The van der Waals surface area contributed by atoms with Gasteiger partial charge in [-0.25, -0.2) is 9.67 Å². The highest BCUT2D eigenvalue weighted by Gasteiger charge is 2.02. The van der Waals surface area contributed by atoms with Gasteiger partial charge in [0.1, 0.15) is 12.2 Å². The van der Waals surface area contributed by atoms with E-state index in [1.54, 1.807) is 17.7 Å². The van der Waals surface area contributed by atoms with Crippen molar-refractivity contribution in [1.29, 1.82) is 0 Å². The van der Waals surface area contributed by atoms with Gasteiger partial charge in [0.25, 0.3) is 0 Å². The van der Waals surface area contributed by atoms with Crippen molar-refractivity contribution in [2.24, 2.45) is 0 Å². The molecule has 17 heavy (non-hydrogen) atoms. The lowest BCUT2D eigenvalue weighted by molar-refractivity contribution is 0.574. The zero-order valence-corrected chi connectivity index (χ0v) is 12.1. The van der Waals surface area contributed by atoms with E-state index in [9.17, 15) is 0 Å². The van der Waals surface area contributed by atoms with E-state index in [2.05, 4.69) is 50.4 Å². The highest BCUT2D eigenvalue weighted by molar-refractivity contribution is 9.11. The molecule has 0 saturated carbocycles. The van der Waals surface area contributed by atoms with Gasteiger partial charge in [0.2, 0.25) is 0 Å². The van der Waals surface area contributed by atoms with Gasteiger partial charge in [-0.2, -0.15) is 5.10 Å². The Morgan fingerprint density at radius 2 is 2.35 bits per heavy atom. The van der Waals surface area contributed by atoms with Crippen molar-refractivity contribution in [3.63, 3.8) is 0 Å². The third kappa shape index (κ3) is 3.62. The number of aromatic nitrogens is 3. The molecule has 0 aromatic carbocycles. The van der Waals surface area contributed by atoms with E-state index < -0.39 is 0 Å². The molecule has 0 aliphatic rings. The quantitative estimate of drug-likeness (QED) is 0.833. The van der Waals surface area contributed by atoms with Crippen LogP contribution in [0, 0.1) is 0 Å². The summed E-state index contributed by atoms with van der Waals surface area (Å²) < 4.78 is 3.10. The fourth-order valence-corrected chi connectivity index (χ4v) is 3.07. The van der Waals surface area contributed by atoms with Gasteiger partial charge >= 0.3 is 0 Å². The molecule has 92 valence electrons. The van der Waals surface area contributed by atoms with E-state index in [0.717, 1.165) is 31.9 Å². The lowest BCUT2D eigenvalue weighted by atomic mass is 10.3. The third-order valence-electron chi connectivity index (χ3n) is 2.46. The molecule has 2 heterocycles. The molecule has 0 amide bonds. The van der Waals surface area contributed by atoms with Crippen LogP contribution in [0.5, 0.6) is 0 Å². The van der Waals surface area contributed by atoms with Gasteiger partial charge in [-0.15, -0.1) is 11.3 Å². The Kier molecular flexibility index (Phi) is 4.70. The molecule has 0 unspecified atom stereocenters. The van der Waals surface area contributed by atoms with Crippen molar-refractivity contribution >= 4 is 27.3 Å². The Labute approximate surface area is 113 Å². The lowest BCUT2D eigenvalue weighted by Gasteiger charge is -2.04. The number of rotatable bonds is 6. The Morgan fingerprint density at radius 1 is 1.47 bits per heavy atom. The second kappa shape index (κ2) is 6.28. The Balaban J connectivity index is 1.73. The molecular formula is C11H15BrN4S. The fourth-order valence-electron chi connectivity index (χ4n) is 1.59. The Bertz CT molecular complexity index is 465. The maximum atomic E-state index is 4.22. The average molecular weight is 315 g/mol. The molecule has 4 nitrogen and oxygen atoms in total. The van der Waals surface area contributed by atoms with Gasteiger partial charge in [0, 0.05) is 18.0 Å². The van der Waals surface area contributed by atoms with Crippen LogP contribution < -0.4 is 5.32 Å². The molecule has 0 bridgehead atoms. The van der Waals surface area contributed by atoms with Crippen LogP contribution in [0.25, 0.3) is 0 Å². The normalized spacial score (nSPS) is 10.9. The number of aryl methyl sites for hydroxylation is 1. The molecule has 2 aromatic heterocycles. The molecule has 0 aliphatic heterocycles. The van der Waals surface area contributed by atoms with Crippen molar-refractivity contribution in [2.75, 3.05) is 6.54 Å². The smallest absolute Gasteiger partial charge is 0.140 e. The summed E-state index contributed by atoms with van der Waals surface area (Å²) in [5.41, 5.74) is 0. The summed E-state index contributed by atoms with van der Waals surface area (Å²) in [6.45, 7) is 4.68. The van der Waals surface area contributed by atoms with Crippen molar-refractivity contribution in [1.82, 2.24) is 20.1 Å². The zero-order chi connectivity index (χ0) is 12.1. The third-order valence-corrected chi connectivity index (χ3v) is 4.14. The van der Waals surface area contributed by atoms with Crippen LogP contribution in [0.2, 0.25) is 0 Å². The minimum Gasteiger partial charge on any atom is -0.309 e. The SMILES string of the molecule is CCn1ncnc1CNCCc1ccc(Br)s1. The van der Waals surface area contributed by atoms with Crippen LogP contribution in [0.3, 0.4) is 0 Å². The van der Waals surface area contributed by atoms with E-state index >= 15 is 0 Å². The second-order valence-corrected chi connectivity index (χ2v) is 6.17. The number of hydrogen-bond acceptors (Lipinski definition) is 4. The van der Waals surface area contributed by atoms with Crippen molar-refractivity contribution in [3.05, 3.63) is 32.9 Å². The van der Waals surface area contributed by atoms with Crippen LogP contribution >= 0.6 is 27.3 Å². The van der Waals surface area contributed by atoms with Crippen LogP contribution in [0.15, 0.2) is 22.2 Å². The first-order chi connectivity index (χ1) is 8.29. The predicted octanol–water partition coefficient (Wildman–Crippen LogP) is 2.45. The number of hydrogen-bond donors (Lipinski definition) is 1. The first-order valence-corrected chi connectivity index (χ1v) is 7.22.